The Morgan fingerprint density at radius 2 is 2.10 bits per heavy atom. The Labute approximate surface area is 116 Å². The number of anilines is 2. The predicted octanol–water partition coefficient (Wildman–Crippen LogP) is 2.23. The van der Waals surface area contributed by atoms with E-state index in [1.807, 2.05) is 29.2 Å². The number of rotatable bonds is 2. The molecular weight excluding hydrogens is 256 g/mol. The number of nitrogens with one attached hydrogen (secondary N) is 1. The largest absolute Gasteiger partial charge is 0.334 e. The van der Waals surface area contributed by atoms with Crippen molar-refractivity contribution in [3.63, 3.8) is 0 Å². The summed E-state index contributed by atoms with van der Waals surface area (Å²) < 4.78 is 0. The molecule has 0 amide bonds. The second kappa shape index (κ2) is 5.26. The molecule has 2 heterocycles. The van der Waals surface area contributed by atoms with E-state index in [1.54, 1.807) is 12.3 Å². The van der Waals surface area contributed by atoms with Crippen LogP contribution in [0.5, 0.6) is 0 Å². The van der Waals surface area contributed by atoms with Gasteiger partial charge in [-0.25, -0.2) is 0 Å². The van der Waals surface area contributed by atoms with Crippen LogP contribution >= 0.6 is 0 Å². The highest BCUT2D eigenvalue weighted by atomic mass is 16.6. The number of nitrogens with zero attached hydrogens (tertiary/aromatic N) is 3. The third kappa shape index (κ3) is 2.21. The molecule has 20 heavy (non-hydrogen) atoms. The summed E-state index contributed by atoms with van der Waals surface area (Å²) in [6.45, 7) is 2.22. The molecule has 0 radical (unpaired) electrons. The minimum Gasteiger partial charge on any atom is -0.334 e. The van der Waals surface area contributed by atoms with Crippen LogP contribution in [-0.4, -0.2) is 23.0 Å². The first-order chi connectivity index (χ1) is 9.77. The topological polar surface area (TPSA) is 71.3 Å². The van der Waals surface area contributed by atoms with Gasteiger partial charge in [0.1, 0.15) is 11.9 Å². The van der Waals surface area contributed by atoms with E-state index in [2.05, 4.69) is 10.3 Å². The molecule has 1 N–H and O–H groups in total. The highest BCUT2D eigenvalue weighted by molar-refractivity contribution is 5.73. The van der Waals surface area contributed by atoms with Crippen LogP contribution in [-0.2, 0) is 6.54 Å². The minimum absolute atomic E-state index is 0.0317. The Kier molecular flexibility index (Phi) is 3.30. The fourth-order valence-corrected chi connectivity index (χ4v) is 2.46. The highest BCUT2D eigenvalue weighted by Gasteiger charge is 2.23. The molecule has 0 bridgehead atoms. The van der Waals surface area contributed by atoms with E-state index in [9.17, 15) is 10.1 Å². The van der Waals surface area contributed by atoms with Crippen LogP contribution in [0.2, 0.25) is 0 Å². The summed E-state index contributed by atoms with van der Waals surface area (Å²) in [4.78, 5) is 16.6. The van der Waals surface area contributed by atoms with Crippen molar-refractivity contribution in [3.8, 4) is 0 Å². The number of nitro groups is 1. The Morgan fingerprint density at radius 3 is 2.95 bits per heavy atom. The molecule has 6 heteroatoms. The molecule has 102 valence electrons. The summed E-state index contributed by atoms with van der Waals surface area (Å²) in [5.41, 5.74) is 2.76. The van der Waals surface area contributed by atoms with Crippen molar-refractivity contribution in [2.45, 2.75) is 6.54 Å². The number of aromatic nitrogens is 1. The van der Waals surface area contributed by atoms with E-state index < -0.39 is 0 Å². The van der Waals surface area contributed by atoms with Gasteiger partial charge in [0.2, 0.25) is 0 Å². The summed E-state index contributed by atoms with van der Waals surface area (Å²) in [7, 11) is 0. The second-order valence-corrected chi connectivity index (χ2v) is 4.58. The second-order valence-electron chi connectivity index (χ2n) is 4.58. The molecule has 1 aromatic heterocycles. The highest BCUT2D eigenvalue weighted by Crippen LogP contribution is 2.35. The van der Waals surface area contributed by atoms with E-state index in [4.69, 9.17) is 0 Å². The molecule has 0 fully saturated rings. The molecule has 0 atom stereocenters. The van der Waals surface area contributed by atoms with Crippen LogP contribution in [0, 0.1) is 10.1 Å². The van der Waals surface area contributed by atoms with E-state index in [0.717, 1.165) is 24.3 Å². The van der Waals surface area contributed by atoms with Gasteiger partial charge in [-0.1, -0.05) is 18.2 Å². The Balaban J connectivity index is 2.13. The SMILES string of the molecule is O=[N+]([O-])c1cnccc1N1CCNCc2ccccc21. The van der Waals surface area contributed by atoms with Gasteiger partial charge in [-0.3, -0.25) is 15.1 Å². The zero-order valence-corrected chi connectivity index (χ0v) is 10.8. The summed E-state index contributed by atoms with van der Waals surface area (Å²) in [6.07, 6.45) is 2.89. The fraction of sp³-hybridized carbons (Fsp3) is 0.214. The van der Waals surface area contributed by atoms with Crippen LogP contribution in [0.3, 0.4) is 0 Å². The monoisotopic (exact) mass is 270 g/mol. The lowest BCUT2D eigenvalue weighted by atomic mass is 10.1. The van der Waals surface area contributed by atoms with Crippen molar-refractivity contribution in [1.29, 1.82) is 0 Å². The van der Waals surface area contributed by atoms with Crippen molar-refractivity contribution in [2.24, 2.45) is 0 Å². The van der Waals surface area contributed by atoms with Gasteiger partial charge >= 0.3 is 5.69 Å². The van der Waals surface area contributed by atoms with E-state index in [-0.39, 0.29) is 10.6 Å². The lowest BCUT2D eigenvalue weighted by Gasteiger charge is -2.24. The molecule has 1 aromatic carbocycles. The lowest BCUT2D eigenvalue weighted by Crippen LogP contribution is -2.25. The van der Waals surface area contributed by atoms with Gasteiger partial charge in [-0.05, 0) is 17.7 Å². The van der Waals surface area contributed by atoms with Gasteiger partial charge < -0.3 is 10.2 Å². The summed E-state index contributed by atoms with van der Waals surface area (Å²) >= 11 is 0. The quantitative estimate of drug-likeness (QED) is 0.669. The van der Waals surface area contributed by atoms with Gasteiger partial charge in [-0.15, -0.1) is 0 Å². The van der Waals surface area contributed by atoms with Crippen molar-refractivity contribution in [2.75, 3.05) is 18.0 Å². The van der Waals surface area contributed by atoms with Crippen LogP contribution in [0.4, 0.5) is 17.1 Å². The number of pyridine rings is 1. The zero-order chi connectivity index (χ0) is 13.9. The maximum atomic E-state index is 11.2. The van der Waals surface area contributed by atoms with Crippen LogP contribution < -0.4 is 10.2 Å². The molecule has 0 unspecified atom stereocenters. The molecule has 0 aliphatic carbocycles. The molecule has 1 aliphatic heterocycles. The molecular formula is C14H14N4O2. The smallest absolute Gasteiger partial charge is 0.310 e. The Hall–Kier alpha value is -2.47. The van der Waals surface area contributed by atoms with E-state index in [1.165, 1.54) is 6.20 Å². The predicted molar refractivity (Wildman–Crippen MR) is 76.0 cm³/mol. The standard InChI is InChI=1S/C14H14N4O2/c19-18(20)14-10-15-6-5-13(14)17-8-7-16-9-11-3-1-2-4-12(11)17/h1-6,10,16H,7-9H2. The van der Waals surface area contributed by atoms with Crippen LogP contribution in [0.1, 0.15) is 5.56 Å². The van der Waals surface area contributed by atoms with Crippen molar-refractivity contribution >= 4 is 17.1 Å². The van der Waals surface area contributed by atoms with Crippen LogP contribution in [0.25, 0.3) is 0 Å². The first kappa shape index (κ1) is 12.6. The van der Waals surface area contributed by atoms with E-state index in [0.29, 0.717) is 12.2 Å². The average molecular weight is 270 g/mol. The number of fused-ring (bicyclic) bond motifs is 1. The van der Waals surface area contributed by atoms with E-state index >= 15 is 0 Å². The fourth-order valence-electron chi connectivity index (χ4n) is 2.46. The minimum atomic E-state index is -0.386. The van der Waals surface area contributed by atoms with Crippen LogP contribution in [0.15, 0.2) is 42.7 Å². The van der Waals surface area contributed by atoms with Gasteiger partial charge in [-0.2, -0.15) is 0 Å². The average Bonchev–Trinajstić information content (AvgIpc) is 2.69. The molecule has 0 saturated heterocycles. The van der Waals surface area contributed by atoms with Crippen molar-refractivity contribution in [1.82, 2.24) is 10.3 Å². The Morgan fingerprint density at radius 1 is 1.25 bits per heavy atom. The van der Waals surface area contributed by atoms with Gasteiger partial charge in [0.05, 0.1) is 4.92 Å². The molecule has 6 nitrogen and oxygen atoms in total. The summed E-state index contributed by atoms with van der Waals surface area (Å²) in [6, 6.07) is 9.65. The van der Waals surface area contributed by atoms with Crippen molar-refractivity contribution < 1.29 is 4.92 Å². The summed E-state index contributed by atoms with van der Waals surface area (Å²) in [5.74, 6) is 0. The van der Waals surface area contributed by atoms with Crippen molar-refractivity contribution in [3.05, 3.63) is 58.4 Å². The number of hydrogen-bond acceptors (Lipinski definition) is 5. The zero-order valence-electron chi connectivity index (χ0n) is 10.8. The van der Waals surface area contributed by atoms with Gasteiger partial charge in [0, 0.05) is 31.5 Å². The first-order valence-corrected chi connectivity index (χ1v) is 6.42. The lowest BCUT2D eigenvalue weighted by molar-refractivity contribution is -0.384. The third-order valence-corrected chi connectivity index (χ3v) is 3.38. The normalized spacial score (nSPS) is 14.5. The first-order valence-electron chi connectivity index (χ1n) is 6.42. The van der Waals surface area contributed by atoms with Gasteiger partial charge in [0.15, 0.2) is 0 Å². The number of benzene rings is 1. The molecule has 1 aliphatic rings. The van der Waals surface area contributed by atoms with Gasteiger partial charge in [0.25, 0.3) is 0 Å². The number of hydrogen-bond donors (Lipinski definition) is 1. The Bertz CT molecular complexity index is 645. The third-order valence-electron chi connectivity index (χ3n) is 3.38. The molecule has 0 spiro atoms. The molecule has 3 rings (SSSR count). The summed E-state index contributed by atoms with van der Waals surface area (Å²) in [5, 5.41) is 14.5. The molecule has 2 aromatic rings. The maximum Gasteiger partial charge on any atom is 0.310 e. The number of para-hydroxylation sites is 1. The maximum absolute atomic E-state index is 11.2. The molecule has 0 saturated carbocycles.